The predicted octanol–water partition coefficient (Wildman–Crippen LogP) is 6.26. The van der Waals surface area contributed by atoms with E-state index in [9.17, 15) is 0 Å². The first kappa shape index (κ1) is 19.8. The third-order valence-electron chi connectivity index (χ3n) is 3.64. The van der Waals surface area contributed by atoms with Crippen molar-refractivity contribution in [1.82, 2.24) is 0 Å². The first-order chi connectivity index (χ1) is 9.06. The van der Waals surface area contributed by atoms with Gasteiger partial charge in [-0.05, 0) is 0 Å². The molecular formula is C17H38OSn. The molecule has 0 heterocycles. The fraction of sp³-hybridized carbons (Fsp3) is 1.00. The number of unbranched alkanes of at least 4 members (excludes halogenated alkanes) is 9. The average molecular weight is 377 g/mol. The number of hydrogen-bond donors (Lipinski definition) is 0. The Balaban J connectivity index is 2.99. The van der Waals surface area contributed by atoms with Gasteiger partial charge in [0.1, 0.15) is 0 Å². The fourth-order valence-electron chi connectivity index (χ4n) is 2.17. The van der Waals surface area contributed by atoms with Crippen molar-refractivity contribution >= 4 is 18.4 Å². The maximum absolute atomic E-state index is 5.73. The average Bonchev–Trinajstić information content (AvgIpc) is 2.34. The molecule has 0 amide bonds. The van der Waals surface area contributed by atoms with Crippen LogP contribution in [0.3, 0.4) is 0 Å². The van der Waals surface area contributed by atoms with Gasteiger partial charge in [0, 0.05) is 0 Å². The van der Waals surface area contributed by atoms with E-state index in [4.69, 9.17) is 4.74 Å². The molecule has 116 valence electrons. The molecule has 0 rings (SSSR count). The summed E-state index contributed by atoms with van der Waals surface area (Å²) in [6, 6.07) is 0. The second-order valence-electron chi connectivity index (χ2n) is 7.11. The van der Waals surface area contributed by atoms with E-state index in [0.29, 0.717) is 0 Å². The van der Waals surface area contributed by atoms with Gasteiger partial charge in [0.25, 0.3) is 0 Å². The zero-order chi connectivity index (χ0) is 14.4. The Bertz CT molecular complexity index is 175. The Morgan fingerprint density at radius 1 is 0.632 bits per heavy atom. The van der Waals surface area contributed by atoms with Gasteiger partial charge in [-0.2, -0.15) is 0 Å². The van der Waals surface area contributed by atoms with Crippen molar-refractivity contribution in [3.63, 3.8) is 0 Å². The zero-order valence-corrected chi connectivity index (χ0v) is 17.0. The predicted molar refractivity (Wildman–Crippen MR) is 90.8 cm³/mol. The standard InChI is InChI=1S/C14H29O.3CH3.Sn/c1-3-5-6-7-8-9-10-11-12-13-14-15-4-2;;;;/h2-14H2,1H3;3*1H3;. The molecule has 0 saturated heterocycles. The van der Waals surface area contributed by atoms with Crippen LogP contribution in [0.25, 0.3) is 0 Å². The molecule has 0 fully saturated rings. The maximum atomic E-state index is 5.73. The molecule has 0 unspecified atom stereocenters. The van der Waals surface area contributed by atoms with Crippen LogP contribution in [0.15, 0.2) is 0 Å². The third kappa shape index (κ3) is 18.8. The summed E-state index contributed by atoms with van der Waals surface area (Å²) >= 11 is -1.55. The summed E-state index contributed by atoms with van der Waals surface area (Å²) in [5, 5.41) is 0. The van der Waals surface area contributed by atoms with Crippen molar-refractivity contribution in [1.29, 1.82) is 0 Å². The topological polar surface area (TPSA) is 9.23 Å². The van der Waals surface area contributed by atoms with Gasteiger partial charge in [-0.3, -0.25) is 0 Å². The number of hydrogen-bond acceptors (Lipinski definition) is 1. The quantitative estimate of drug-likeness (QED) is 0.256. The van der Waals surface area contributed by atoms with Crippen LogP contribution in [0.1, 0.15) is 71.1 Å². The van der Waals surface area contributed by atoms with E-state index >= 15 is 0 Å². The van der Waals surface area contributed by atoms with Crippen molar-refractivity contribution < 1.29 is 4.74 Å². The Kier molecular flexibility index (Phi) is 14.3. The molecule has 0 aliphatic carbocycles. The van der Waals surface area contributed by atoms with Gasteiger partial charge in [-0.25, -0.2) is 0 Å². The normalized spacial score (nSPS) is 12.0. The summed E-state index contributed by atoms with van der Waals surface area (Å²) in [4.78, 5) is 7.45. The molecule has 0 atom stereocenters. The second-order valence-corrected chi connectivity index (χ2v) is 23.1. The molecule has 0 aliphatic rings. The molecule has 0 N–H and O–H groups in total. The van der Waals surface area contributed by atoms with Crippen LogP contribution in [0.2, 0.25) is 19.3 Å². The van der Waals surface area contributed by atoms with Crippen molar-refractivity contribution in [3.8, 4) is 0 Å². The first-order valence-corrected chi connectivity index (χ1v) is 19.2. The minimum atomic E-state index is -1.55. The Hall–Kier alpha value is 0.759. The molecule has 0 aliphatic heterocycles. The molecule has 0 aromatic heterocycles. The van der Waals surface area contributed by atoms with E-state index in [1.54, 1.807) is 0 Å². The molecule has 2 heteroatoms. The summed E-state index contributed by atoms with van der Waals surface area (Å²) in [6.45, 7) is 4.31. The van der Waals surface area contributed by atoms with Crippen molar-refractivity contribution in [2.45, 2.75) is 90.4 Å². The van der Waals surface area contributed by atoms with Crippen LogP contribution in [-0.2, 0) is 4.74 Å². The Labute approximate surface area is 126 Å². The van der Waals surface area contributed by atoms with Crippen LogP contribution in [0.5, 0.6) is 0 Å². The summed E-state index contributed by atoms with van der Waals surface area (Å²) in [5.74, 6) is 0. The van der Waals surface area contributed by atoms with Crippen LogP contribution in [-0.4, -0.2) is 31.6 Å². The van der Waals surface area contributed by atoms with Gasteiger partial charge >= 0.3 is 107 Å². The molecule has 0 radical (unpaired) electrons. The number of rotatable bonds is 14. The summed E-state index contributed by atoms with van der Waals surface area (Å²) < 4.78 is 7.12. The van der Waals surface area contributed by atoms with Gasteiger partial charge in [-0.15, -0.1) is 0 Å². The van der Waals surface area contributed by atoms with Gasteiger partial charge in [0.2, 0.25) is 0 Å². The minimum absolute atomic E-state index is 0.998. The fourth-order valence-corrected chi connectivity index (χ4v) is 4.33. The van der Waals surface area contributed by atoms with E-state index in [1.807, 2.05) is 0 Å². The molecule has 19 heavy (non-hydrogen) atoms. The Morgan fingerprint density at radius 3 is 1.58 bits per heavy atom. The van der Waals surface area contributed by atoms with E-state index in [0.717, 1.165) is 13.2 Å². The monoisotopic (exact) mass is 378 g/mol. The Morgan fingerprint density at radius 2 is 1.11 bits per heavy atom. The van der Waals surface area contributed by atoms with Crippen molar-refractivity contribution in [2.75, 3.05) is 13.2 Å². The second kappa shape index (κ2) is 13.7. The molecule has 0 aromatic carbocycles. The summed E-state index contributed by atoms with van der Waals surface area (Å²) in [6.07, 6.45) is 14.1. The van der Waals surface area contributed by atoms with Crippen LogP contribution >= 0.6 is 0 Å². The molecule has 0 saturated carbocycles. The van der Waals surface area contributed by atoms with Gasteiger partial charge in [-0.1, -0.05) is 19.8 Å². The van der Waals surface area contributed by atoms with Gasteiger partial charge < -0.3 is 0 Å². The molecule has 1 nitrogen and oxygen atoms in total. The molecule has 0 spiro atoms. The third-order valence-corrected chi connectivity index (χ3v) is 8.50. The van der Waals surface area contributed by atoms with Crippen LogP contribution in [0, 0.1) is 0 Å². The molecule has 0 aromatic rings. The molecular weight excluding hydrogens is 339 g/mol. The van der Waals surface area contributed by atoms with Crippen molar-refractivity contribution in [3.05, 3.63) is 0 Å². The van der Waals surface area contributed by atoms with Gasteiger partial charge in [0.15, 0.2) is 0 Å². The van der Waals surface area contributed by atoms with Gasteiger partial charge in [0.05, 0.1) is 0 Å². The number of ether oxygens (including phenoxy) is 1. The van der Waals surface area contributed by atoms with E-state index in [1.165, 1.54) is 68.6 Å². The SMILES string of the molecule is CCCCCCCCCCCCOC[CH2][Sn]([CH3])([CH3])[CH3]. The zero-order valence-electron chi connectivity index (χ0n) is 14.1. The first-order valence-electron chi connectivity index (χ1n) is 8.64. The molecule has 0 bridgehead atoms. The van der Waals surface area contributed by atoms with E-state index < -0.39 is 18.4 Å². The van der Waals surface area contributed by atoms with E-state index in [2.05, 4.69) is 21.7 Å². The summed E-state index contributed by atoms with van der Waals surface area (Å²) in [7, 11) is 0. The summed E-state index contributed by atoms with van der Waals surface area (Å²) in [5.41, 5.74) is 0. The van der Waals surface area contributed by atoms with Crippen molar-refractivity contribution in [2.24, 2.45) is 0 Å². The van der Waals surface area contributed by atoms with E-state index in [-0.39, 0.29) is 0 Å². The van der Waals surface area contributed by atoms with Crippen LogP contribution < -0.4 is 0 Å². The van der Waals surface area contributed by atoms with Crippen LogP contribution in [0.4, 0.5) is 0 Å².